The summed E-state index contributed by atoms with van der Waals surface area (Å²) in [6, 6.07) is 5.97. The third kappa shape index (κ3) is 4.59. The topological polar surface area (TPSA) is 96.9 Å². The summed E-state index contributed by atoms with van der Waals surface area (Å²) in [5.41, 5.74) is 0.810. The van der Waals surface area contributed by atoms with Gasteiger partial charge in [-0.1, -0.05) is 0 Å². The number of anilines is 2. The molecule has 9 nitrogen and oxygen atoms in total. The molecule has 1 aromatic carbocycles. The average Bonchev–Trinajstić information content (AvgIpc) is 3.17. The molecule has 0 radical (unpaired) electrons. The summed E-state index contributed by atoms with van der Waals surface area (Å²) < 4.78 is 36.5. The lowest BCUT2D eigenvalue weighted by Gasteiger charge is -2.39. The van der Waals surface area contributed by atoms with E-state index in [0.717, 1.165) is 18.5 Å². The molecule has 0 spiro atoms. The molecule has 0 aliphatic carbocycles. The zero-order valence-corrected chi connectivity index (χ0v) is 19.1. The van der Waals surface area contributed by atoms with Gasteiger partial charge in [-0.05, 0) is 37.1 Å². The molecule has 0 saturated carbocycles. The van der Waals surface area contributed by atoms with Crippen LogP contribution in [0.3, 0.4) is 0 Å². The van der Waals surface area contributed by atoms with E-state index in [2.05, 4.69) is 10.3 Å². The van der Waals surface area contributed by atoms with Crippen molar-refractivity contribution in [2.75, 3.05) is 49.3 Å². The number of halogens is 1. The first kappa shape index (κ1) is 21.9. The molecule has 176 valence electrons. The Balaban J connectivity index is 1.29. The highest BCUT2D eigenvalue weighted by Gasteiger charge is 2.34. The van der Waals surface area contributed by atoms with Gasteiger partial charge in [-0.2, -0.15) is 4.98 Å². The van der Waals surface area contributed by atoms with Gasteiger partial charge in [0, 0.05) is 31.3 Å². The number of piperidine rings is 1. The molecule has 33 heavy (non-hydrogen) atoms. The number of nitrogens with one attached hydrogen (secondary N) is 1. The van der Waals surface area contributed by atoms with Crippen molar-refractivity contribution in [1.82, 2.24) is 14.9 Å². The predicted molar refractivity (Wildman–Crippen MR) is 121 cm³/mol. The smallest absolute Gasteiger partial charge is 0.409 e. The van der Waals surface area contributed by atoms with Gasteiger partial charge in [0.2, 0.25) is 5.95 Å². The first-order valence-corrected chi connectivity index (χ1v) is 12.4. The van der Waals surface area contributed by atoms with Crippen molar-refractivity contribution < 1.29 is 22.9 Å². The summed E-state index contributed by atoms with van der Waals surface area (Å²) in [6.45, 7) is 2.38. The Hall–Kier alpha value is -2.95. The van der Waals surface area contributed by atoms with E-state index in [1.165, 1.54) is 19.2 Å². The first-order chi connectivity index (χ1) is 16.0. The zero-order chi connectivity index (χ0) is 22.9. The molecule has 0 bridgehead atoms. The molecular weight excluding hydrogens is 449 g/mol. The molecule has 2 atom stereocenters. The summed E-state index contributed by atoms with van der Waals surface area (Å²) in [5, 5.41) is 3.43. The highest BCUT2D eigenvalue weighted by atomic mass is 32.2. The molecule has 11 heteroatoms. The largest absolute Gasteiger partial charge is 0.487 e. The van der Waals surface area contributed by atoms with Crippen LogP contribution >= 0.6 is 0 Å². The third-order valence-corrected chi connectivity index (χ3v) is 7.58. The van der Waals surface area contributed by atoms with Crippen LogP contribution in [0.4, 0.5) is 21.0 Å². The van der Waals surface area contributed by atoms with E-state index in [0.29, 0.717) is 60.8 Å². The SMILES string of the molecule is COC(=O)N1CCC[C@H](Nc2nc(N3CC(Oc4ccc(F)cc4)C3)nc3c2[S@](=O)CC3)C1. The molecule has 2 aromatic rings. The molecule has 3 aliphatic heterocycles. The number of likely N-dealkylation sites (tertiary alicyclic amines) is 1. The molecule has 2 fully saturated rings. The van der Waals surface area contributed by atoms with Crippen LogP contribution in [0.1, 0.15) is 18.5 Å². The van der Waals surface area contributed by atoms with E-state index in [4.69, 9.17) is 14.5 Å². The highest BCUT2D eigenvalue weighted by molar-refractivity contribution is 7.85. The normalized spacial score (nSPS) is 22.5. The first-order valence-electron chi connectivity index (χ1n) is 11.1. The van der Waals surface area contributed by atoms with Crippen LogP contribution in [0.15, 0.2) is 29.2 Å². The van der Waals surface area contributed by atoms with E-state index in [-0.39, 0.29) is 24.1 Å². The minimum absolute atomic E-state index is 0.00625. The highest BCUT2D eigenvalue weighted by Crippen LogP contribution is 2.32. The molecular formula is C22H26FN5O4S. The number of hydrogen-bond acceptors (Lipinski definition) is 8. The number of aromatic nitrogens is 2. The van der Waals surface area contributed by atoms with E-state index < -0.39 is 10.8 Å². The Morgan fingerprint density at radius 3 is 2.76 bits per heavy atom. The van der Waals surface area contributed by atoms with Crippen LogP contribution in [0.2, 0.25) is 0 Å². The second-order valence-corrected chi connectivity index (χ2v) is 9.95. The lowest BCUT2D eigenvalue weighted by atomic mass is 10.1. The van der Waals surface area contributed by atoms with Gasteiger partial charge in [0.25, 0.3) is 0 Å². The molecule has 5 rings (SSSR count). The number of ether oxygens (including phenoxy) is 2. The van der Waals surface area contributed by atoms with Crippen molar-refractivity contribution in [3.8, 4) is 5.75 Å². The summed E-state index contributed by atoms with van der Waals surface area (Å²) in [6.07, 6.45) is 2.00. The number of rotatable bonds is 5. The van der Waals surface area contributed by atoms with Gasteiger partial charge in [0.05, 0.1) is 36.7 Å². The van der Waals surface area contributed by atoms with Gasteiger partial charge in [0.15, 0.2) is 0 Å². The lowest BCUT2D eigenvalue weighted by molar-refractivity contribution is 0.113. The number of aryl methyl sites for hydroxylation is 1. The van der Waals surface area contributed by atoms with Gasteiger partial charge < -0.3 is 24.6 Å². The van der Waals surface area contributed by atoms with E-state index in [1.54, 1.807) is 17.0 Å². The predicted octanol–water partition coefficient (Wildman–Crippen LogP) is 2.19. The van der Waals surface area contributed by atoms with Crippen LogP contribution < -0.4 is 15.0 Å². The van der Waals surface area contributed by atoms with Gasteiger partial charge in [0.1, 0.15) is 28.4 Å². The fraction of sp³-hybridized carbons (Fsp3) is 0.500. The molecule has 4 heterocycles. The number of carbonyl (C=O) groups is 1. The van der Waals surface area contributed by atoms with Gasteiger partial charge in [-0.15, -0.1) is 0 Å². The number of methoxy groups -OCH3 is 1. The summed E-state index contributed by atoms with van der Waals surface area (Å²) in [4.78, 5) is 25.7. The number of amides is 1. The standard InChI is InChI=1S/C22H26FN5O4S/c1-31-22(29)27-9-2-3-15(11-27)24-20-19-18(8-10-33(19)30)25-21(26-20)28-12-17(13-28)32-16-6-4-14(23)5-7-16/h4-7,15,17H,2-3,8-13H2,1H3,(H,24,25,26)/t15-,33+/m0/s1. The minimum atomic E-state index is -1.14. The molecule has 1 amide bonds. The summed E-state index contributed by atoms with van der Waals surface area (Å²) >= 11 is 0. The van der Waals surface area contributed by atoms with Crippen molar-refractivity contribution in [3.05, 3.63) is 35.8 Å². The maximum Gasteiger partial charge on any atom is 0.409 e. The maximum atomic E-state index is 13.1. The van der Waals surface area contributed by atoms with Crippen molar-refractivity contribution in [2.45, 2.75) is 36.3 Å². The number of fused-ring (bicyclic) bond motifs is 1. The van der Waals surface area contributed by atoms with Crippen LogP contribution in [0.5, 0.6) is 5.75 Å². The second kappa shape index (κ2) is 9.12. The number of benzene rings is 1. The van der Waals surface area contributed by atoms with Crippen molar-refractivity contribution in [3.63, 3.8) is 0 Å². The fourth-order valence-corrected chi connectivity index (χ4v) is 5.70. The fourth-order valence-electron chi connectivity index (χ4n) is 4.39. The number of nitrogens with zero attached hydrogens (tertiary/aromatic N) is 4. The molecule has 0 unspecified atom stereocenters. The Morgan fingerprint density at radius 2 is 2.00 bits per heavy atom. The van der Waals surface area contributed by atoms with E-state index >= 15 is 0 Å². The molecule has 1 aromatic heterocycles. The van der Waals surface area contributed by atoms with E-state index in [9.17, 15) is 13.4 Å². The molecule has 2 saturated heterocycles. The van der Waals surface area contributed by atoms with Gasteiger partial charge in [-0.3, -0.25) is 4.21 Å². The quantitative estimate of drug-likeness (QED) is 0.703. The number of carbonyl (C=O) groups excluding carboxylic acids is 1. The molecule has 3 aliphatic rings. The Bertz CT molecular complexity index is 1060. The average molecular weight is 476 g/mol. The summed E-state index contributed by atoms with van der Waals surface area (Å²) in [7, 11) is 0.241. The van der Waals surface area contributed by atoms with E-state index in [1.807, 2.05) is 4.90 Å². The van der Waals surface area contributed by atoms with Crippen LogP contribution in [-0.4, -0.2) is 76.4 Å². The van der Waals surface area contributed by atoms with Crippen molar-refractivity contribution in [1.29, 1.82) is 0 Å². The zero-order valence-electron chi connectivity index (χ0n) is 18.3. The van der Waals surface area contributed by atoms with Gasteiger partial charge in [-0.25, -0.2) is 14.2 Å². The Morgan fingerprint density at radius 1 is 1.21 bits per heavy atom. The Labute approximate surface area is 193 Å². The van der Waals surface area contributed by atoms with Crippen molar-refractivity contribution >= 4 is 28.7 Å². The van der Waals surface area contributed by atoms with Crippen LogP contribution in [0.25, 0.3) is 0 Å². The maximum absolute atomic E-state index is 13.1. The minimum Gasteiger partial charge on any atom is -0.487 e. The summed E-state index contributed by atoms with van der Waals surface area (Å²) in [5.74, 6) is 2.03. The van der Waals surface area contributed by atoms with Gasteiger partial charge >= 0.3 is 6.09 Å². The Kier molecular flexibility index (Phi) is 6.05. The second-order valence-electron chi connectivity index (χ2n) is 8.45. The third-order valence-electron chi connectivity index (χ3n) is 6.12. The van der Waals surface area contributed by atoms with Crippen molar-refractivity contribution in [2.24, 2.45) is 0 Å². The van der Waals surface area contributed by atoms with Crippen LogP contribution in [-0.2, 0) is 22.0 Å². The molecule has 1 N–H and O–H groups in total. The monoisotopic (exact) mass is 475 g/mol. The van der Waals surface area contributed by atoms with Crippen LogP contribution in [0, 0.1) is 5.82 Å². The number of hydrogen-bond donors (Lipinski definition) is 1. The lowest BCUT2D eigenvalue weighted by Crippen LogP contribution is -2.54.